The molecular weight excluding hydrogens is 677 g/mol. The molecule has 1 N–H and O–H groups in total. The number of nitro groups is 1. The number of nitrogens with zero attached hydrogens (tertiary/aromatic N) is 2. The topological polar surface area (TPSA) is 171 Å². The number of nitro benzene ring substituents is 1. The SMILES string of the molecule is CC(=O)OCC1=CS[C@@H]2C(NC(=O)C(C(=O)OCc3ccc([N+](=O)[O-])cc3)c3ccccc3)C(=O)N2C1C(=O)OCC(Cl)(Cl)Cl. The van der Waals surface area contributed by atoms with E-state index in [1.54, 1.807) is 30.3 Å². The summed E-state index contributed by atoms with van der Waals surface area (Å²) >= 11 is 18.2. The Balaban J connectivity index is 1.50. The molecule has 0 radical (unpaired) electrons. The lowest BCUT2D eigenvalue weighted by Crippen LogP contribution is -2.74. The van der Waals surface area contributed by atoms with E-state index in [9.17, 15) is 34.1 Å². The zero-order chi connectivity index (χ0) is 32.9. The molecule has 4 atom stereocenters. The number of ether oxygens (including phenoxy) is 3. The number of thioether (sulfide) groups is 1. The van der Waals surface area contributed by atoms with Crippen molar-refractivity contribution in [3.63, 3.8) is 0 Å². The maximum atomic E-state index is 13.5. The molecule has 13 nitrogen and oxygen atoms in total. The van der Waals surface area contributed by atoms with Crippen LogP contribution in [0.4, 0.5) is 5.69 Å². The monoisotopic (exact) mass is 699 g/mol. The fourth-order valence-electron chi connectivity index (χ4n) is 4.46. The van der Waals surface area contributed by atoms with Gasteiger partial charge in [-0.3, -0.25) is 29.3 Å². The van der Waals surface area contributed by atoms with Crippen LogP contribution in [0, 0.1) is 10.1 Å². The van der Waals surface area contributed by atoms with E-state index in [1.165, 1.54) is 36.6 Å². The summed E-state index contributed by atoms with van der Waals surface area (Å²) in [4.78, 5) is 76.0. The number of β-lactam (4-membered cyclic amide) rings is 1. The van der Waals surface area contributed by atoms with Gasteiger partial charge in [-0.25, -0.2) is 4.79 Å². The second kappa shape index (κ2) is 14.5. The number of halogens is 3. The van der Waals surface area contributed by atoms with E-state index in [0.717, 1.165) is 16.7 Å². The first kappa shape index (κ1) is 34.0. The van der Waals surface area contributed by atoms with Gasteiger partial charge in [-0.05, 0) is 28.7 Å². The summed E-state index contributed by atoms with van der Waals surface area (Å²) in [5.41, 5.74) is 0.838. The zero-order valence-electron chi connectivity index (χ0n) is 23.2. The van der Waals surface area contributed by atoms with Gasteiger partial charge in [0.1, 0.15) is 31.2 Å². The molecule has 1 fully saturated rings. The Hall–Kier alpha value is -3.85. The van der Waals surface area contributed by atoms with Crippen LogP contribution >= 0.6 is 46.6 Å². The predicted molar refractivity (Wildman–Crippen MR) is 162 cm³/mol. The number of alkyl halides is 3. The van der Waals surface area contributed by atoms with Crippen LogP contribution in [0.1, 0.15) is 24.0 Å². The van der Waals surface area contributed by atoms with Crippen LogP contribution < -0.4 is 5.32 Å². The summed E-state index contributed by atoms with van der Waals surface area (Å²) in [6.07, 6.45) is 0. The summed E-state index contributed by atoms with van der Waals surface area (Å²) < 4.78 is 13.6. The quantitative estimate of drug-likeness (QED) is 0.0691. The second-order valence-electron chi connectivity index (χ2n) is 9.73. The van der Waals surface area contributed by atoms with Crippen molar-refractivity contribution >= 4 is 82.0 Å². The average Bonchev–Trinajstić information content (AvgIpc) is 3.00. The summed E-state index contributed by atoms with van der Waals surface area (Å²) in [5.74, 6) is -5.47. The molecule has 45 heavy (non-hydrogen) atoms. The predicted octanol–water partition coefficient (Wildman–Crippen LogP) is 3.55. The van der Waals surface area contributed by atoms with Gasteiger partial charge < -0.3 is 24.4 Å². The number of nitrogens with one attached hydrogen (secondary N) is 1. The summed E-state index contributed by atoms with van der Waals surface area (Å²) in [7, 11) is 0. The van der Waals surface area contributed by atoms with E-state index < -0.39 is 68.4 Å². The molecule has 1 saturated heterocycles. The zero-order valence-corrected chi connectivity index (χ0v) is 26.3. The molecule has 2 aromatic carbocycles. The minimum absolute atomic E-state index is 0.138. The van der Waals surface area contributed by atoms with Gasteiger partial charge >= 0.3 is 17.9 Å². The number of benzene rings is 2. The van der Waals surface area contributed by atoms with E-state index in [4.69, 9.17) is 49.0 Å². The molecule has 0 spiro atoms. The summed E-state index contributed by atoms with van der Waals surface area (Å²) in [6, 6.07) is 10.9. The number of amides is 2. The molecule has 0 bridgehead atoms. The van der Waals surface area contributed by atoms with Crippen LogP contribution in [0.3, 0.4) is 0 Å². The third-order valence-corrected chi connectivity index (χ3v) is 8.11. The second-order valence-corrected chi connectivity index (χ2v) is 13.2. The highest BCUT2D eigenvalue weighted by molar-refractivity contribution is 8.03. The number of carbonyl (C=O) groups is 5. The fraction of sp³-hybridized carbons (Fsp3) is 0.321. The van der Waals surface area contributed by atoms with Gasteiger partial charge in [0.15, 0.2) is 12.0 Å². The molecule has 2 amide bonds. The Morgan fingerprint density at radius 1 is 1.02 bits per heavy atom. The molecule has 0 aromatic heterocycles. The lowest BCUT2D eigenvalue weighted by atomic mass is 9.95. The lowest BCUT2D eigenvalue weighted by molar-refractivity contribution is -0.384. The fourth-order valence-corrected chi connectivity index (χ4v) is 5.83. The third-order valence-electron chi connectivity index (χ3n) is 6.57. The number of fused-ring (bicyclic) bond motifs is 1. The highest BCUT2D eigenvalue weighted by atomic mass is 35.6. The van der Waals surface area contributed by atoms with Crippen molar-refractivity contribution in [3.8, 4) is 0 Å². The molecule has 238 valence electrons. The summed E-state index contributed by atoms with van der Waals surface area (Å²) in [6.45, 7) is -0.0272. The van der Waals surface area contributed by atoms with Crippen molar-refractivity contribution in [1.29, 1.82) is 0 Å². The number of carbonyl (C=O) groups excluding carboxylic acids is 5. The molecule has 2 aromatic rings. The maximum Gasteiger partial charge on any atom is 0.333 e. The van der Waals surface area contributed by atoms with Gasteiger partial charge in [0.2, 0.25) is 15.6 Å². The first-order valence-electron chi connectivity index (χ1n) is 13.1. The molecule has 2 heterocycles. The number of hydrogen-bond donors (Lipinski definition) is 1. The molecule has 4 rings (SSSR count). The largest absolute Gasteiger partial charge is 0.461 e. The average molecular weight is 701 g/mol. The van der Waals surface area contributed by atoms with Gasteiger partial charge in [-0.1, -0.05) is 65.1 Å². The lowest BCUT2D eigenvalue weighted by Gasteiger charge is -2.51. The van der Waals surface area contributed by atoms with Crippen molar-refractivity contribution in [2.75, 3.05) is 13.2 Å². The van der Waals surface area contributed by atoms with Crippen LogP contribution in [0.2, 0.25) is 0 Å². The molecule has 2 aliphatic rings. The molecule has 0 aliphatic carbocycles. The number of rotatable bonds is 11. The maximum absolute atomic E-state index is 13.5. The summed E-state index contributed by atoms with van der Waals surface area (Å²) in [5, 5.41) is 14.2. The Bertz CT molecular complexity index is 1520. The Morgan fingerprint density at radius 2 is 1.69 bits per heavy atom. The standard InChI is InChI=1S/C28H24Cl3N3O10S/c1-15(35)42-12-18-13-45-25-21(24(37)33(25)22(18)27(39)44-14-28(29,30)31)32-23(36)20(17-5-3-2-4-6-17)26(38)43-11-16-7-9-19(10-8-16)34(40)41/h2-10,13,20-22,25H,11-12,14H2,1H3,(H,32,36)/t20?,21?,22?,25-/m1/s1. The minimum atomic E-state index is -1.92. The third kappa shape index (κ3) is 8.45. The molecule has 17 heteroatoms. The smallest absolute Gasteiger partial charge is 0.333 e. The van der Waals surface area contributed by atoms with Crippen LogP contribution in [0.5, 0.6) is 0 Å². The van der Waals surface area contributed by atoms with Crippen LogP contribution in [0.25, 0.3) is 0 Å². The van der Waals surface area contributed by atoms with Gasteiger partial charge in [0, 0.05) is 24.6 Å². The number of non-ortho nitro benzene ring substituents is 1. The number of hydrogen-bond acceptors (Lipinski definition) is 11. The number of esters is 3. The van der Waals surface area contributed by atoms with Crippen LogP contribution in [-0.4, -0.2) is 74.0 Å². The highest BCUT2D eigenvalue weighted by Crippen LogP contribution is 2.41. The Kier molecular flexibility index (Phi) is 11.0. The van der Waals surface area contributed by atoms with Gasteiger partial charge in [-0.2, -0.15) is 0 Å². The Labute approximate surface area is 275 Å². The van der Waals surface area contributed by atoms with Crippen molar-refractivity contribution in [1.82, 2.24) is 10.2 Å². The highest BCUT2D eigenvalue weighted by Gasteiger charge is 2.57. The first-order valence-corrected chi connectivity index (χ1v) is 15.1. The van der Waals surface area contributed by atoms with E-state index in [-0.39, 0.29) is 24.5 Å². The van der Waals surface area contributed by atoms with E-state index in [0.29, 0.717) is 11.1 Å². The van der Waals surface area contributed by atoms with Gasteiger partial charge in [-0.15, -0.1) is 11.8 Å². The van der Waals surface area contributed by atoms with E-state index in [2.05, 4.69) is 5.32 Å². The van der Waals surface area contributed by atoms with Crippen LogP contribution in [-0.2, 0) is 44.8 Å². The van der Waals surface area contributed by atoms with Gasteiger partial charge in [0.05, 0.1) is 4.92 Å². The van der Waals surface area contributed by atoms with E-state index in [1.807, 2.05) is 0 Å². The van der Waals surface area contributed by atoms with Crippen molar-refractivity contribution < 1.29 is 43.1 Å². The normalized spacial score (nSPS) is 19.6. The molecule has 3 unspecified atom stereocenters. The Morgan fingerprint density at radius 3 is 2.29 bits per heavy atom. The van der Waals surface area contributed by atoms with Crippen molar-refractivity contribution in [2.45, 2.75) is 40.7 Å². The van der Waals surface area contributed by atoms with Crippen molar-refractivity contribution in [2.24, 2.45) is 0 Å². The first-order chi connectivity index (χ1) is 21.3. The molecular formula is C28H24Cl3N3O10S. The molecule has 0 saturated carbocycles. The van der Waals surface area contributed by atoms with Crippen molar-refractivity contribution in [3.05, 3.63) is 86.8 Å². The van der Waals surface area contributed by atoms with Gasteiger partial charge in [0.25, 0.3) is 5.69 Å². The van der Waals surface area contributed by atoms with E-state index >= 15 is 0 Å². The van der Waals surface area contributed by atoms with Crippen LogP contribution in [0.15, 0.2) is 65.6 Å². The molecule has 2 aliphatic heterocycles. The minimum Gasteiger partial charge on any atom is -0.461 e.